The van der Waals surface area contributed by atoms with Crippen LogP contribution in [0.25, 0.3) is 0 Å². The molecule has 1 saturated heterocycles. The molecule has 92 valence electrons. The Morgan fingerprint density at radius 3 is 2.94 bits per heavy atom. The highest BCUT2D eigenvalue weighted by atomic mass is 16.5. The number of piperidine rings is 1. The van der Waals surface area contributed by atoms with Gasteiger partial charge in [-0.25, -0.2) is 0 Å². The molecule has 2 N–H and O–H groups in total. The molecule has 0 bridgehead atoms. The first-order chi connectivity index (χ1) is 7.83. The third-order valence-electron chi connectivity index (χ3n) is 2.61. The lowest BCUT2D eigenvalue weighted by Crippen LogP contribution is -2.35. The van der Waals surface area contributed by atoms with Gasteiger partial charge in [-0.3, -0.25) is 4.79 Å². The normalized spacial score (nSPS) is 17.8. The van der Waals surface area contributed by atoms with Gasteiger partial charge in [0.2, 0.25) is 5.91 Å². The van der Waals surface area contributed by atoms with Gasteiger partial charge in [0.15, 0.2) is 0 Å². The van der Waals surface area contributed by atoms with Crippen LogP contribution in [-0.4, -0.2) is 38.3 Å². The molecule has 0 aromatic heterocycles. The van der Waals surface area contributed by atoms with Crippen molar-refractivity contribution in [1.29, 1.82) is 0 Å². The monoisotopic (exact) mass is 226 g/mol. The average Bonchev–Trinajstić information content (AvgIpc) is 2.33. The van der Waals surface area contributed by atoms with Crippen LogP contribution in [0.1, 0.15) is 26.2 Å². The first-order valence-electron chi connectivity index (χ1n) is 6.03. The molecule has 0 saturated carbocycles. The maximum atomic E-state index is 11.4. The predicted molar refractivity (Wildman–Crippen MR) is 64.3 cm³/mol. The molecule has 4 nitrogen and oxygen atoms in total. The van der Waals surface area contributed by atoms with Gasteiger partial charge in [-0.2, -0.15) is 0 Å². The van der Waals surface area contributed by atoms with E-state index in [0.29, 0.717) is 6.54 Å². The third-order valence-corrected chi connectivity index (χ3v) is 2.61. The summed E-state index contributed by atoms with van der Waals surface area (Å²) in [5, 5.41) is 6.09. The molecule has 0 aliphatic carbocycles. The molecule has 0 aromatic rings. The number of carbonyl (C=O) groups is 1. The largest absolute Gasteiger partial charge is 0.368 e. The van der Waals surface area contributed by atoms with Gasteiger partial charge in [0.25, 0.3) is 0 Å². The molecule has 4 heteroatoms. The summed E-state index contributed by atoms with van der Waals surface area (Å²) in [4.78, 5) is 11.4. The minimum Gasteiger partial charge on any atom is -0.368 e. The van der Waals surface area contributed by atoms with Crippen molar-refractivity contribution in [2.24, 2.45) is 0 Å². The predicted octanol–water partition coefficient (Wildman–Crippen LogP) is 0.837. The highest BCUT2D eigenvalue weighted by molar-refractivity contribution is 5.77. The van der Waals surface area contributed by atoms with Crippen molar-refractivity contribution in [3.63, 3.8) is 0 Å². The van der Waals surface area contributed by atoms with E-state index in [1.165, 1.54) is 0 Å². The number of amides is 1. The molecule has 0 aromatic carbocycles. The molecule has 1 amide bonds. The Morgan fingerprint density at radius 1 is 1.50 bits per heavy atom. The second kappa shape index (κ2) is 8.30. The molecule has 1 aliphatic rings. The van der Waals surface area contributed by atoms with Crippen LogP contribution < -0.4 is 10.6 Å². The molecular formula is C12H22N2O2. The second-order valence-electron chi connectivity index (χ2n) is 3.97. The molecule has 0 radical (unpaired) electrons. The molecule has 0 atom stereocenters. The molecule has 1 fully saturated rings. The van der Waals surface area contributed by atoms with Crippen LogP contribution in [0.3, 0.4) is 0 Å². The van der Waals surface area contributed by atoms with E-state index >= 15 is 0 Å². The third kappa shape index (κ3) is 5.88. The van der Waals surface area contributed by atoms with Gasteiger partial charge >= 0.3 is 0 Å². The van der Waals surface area contributed by atoms with E-state index in [0.717, 1.165) is 32.4 Å². The Labute approximate surface area is 97.4 Å². The summed E-state index contributed by atoms with van der Waals surface area (Å²) in [5.41, 5.74) is 0. The first-order valence-corrected chi connectivity index (χ1v) is 6.03. The minimum atomic E-state index is -0.0111. The van der Waals surface area contributed by atoms with Gasteiger partial charge < -0.3 is 15.4 Å². The van der Waals surface area contributed by atoms with Gasteiger partial charge in [-0.15, -0.1) is 0 Å². The second-order valence-corrected chi connectivity index (χ2v) is 3.97. The topological polar surface area (TPSA) is 50.4 Å². The smallest absolute Gasteiger partial charge is 0.246 e. The average molecular weight is 226 g/mol. The molecule has 16 heavy (non-hydrogen) atoms. The number of hydrogen-bond donors (Lipinski definition) is 2. The summed E-state index contributed by atoms with van der Waals surface area (Å²) in [5.74, 6) is -0.0111. The lowest BCUT2D eigenvalue weighted by atomic mass is 10.1. The SMILES string of the molecule is C/C=C/CCNC(=O)COC1CCNCC1. The van der Waals surface area contributed by atoms with E-state index in [1.807, 2.05) is 19.1 Å². The summed E-state index contributed by atoms with van der Waals surface area (Å²) >= 11 is 0. The van der Waals surface area contributed by atoms with Crippen molar-refractivity contribution in [1.82, 2.24) is 10.6 Å². The Hall–Kier alpha value is -0.870. The summed E-state index contributed by atoms with van der Waals surface area (Å²) in [6.07, 6.45) is 7.17. The number of rotatable bonds is 6. The fraction of sp³-hybridized carbons (Fsp3) is 0.750. The highest BCUT2D eigenvalue weighted by Crippen LogP contribution is 2.06. The van der Waals surface area contributed by atoms with Gasteiger partial charge in [-0.1, -0.05) is 12.2 Å². The van der Waals surface area contributed by atoms with Crippen LogP contribution in [0.15, 0.2) is 12.2 Å². The Kier molecular flexibility index (Phi) is 6.85. The van der Waals surface area contributed by atoms with E-state index in [-0.39, 0.29) is 18.6 Å². The van der Waals surface area contributed by atoms with Crippen LogP contribution in [0.4, 0.5) is 0 Å². The fourth-order valence-electron chi connectivity index (χ4n) is 1.67. The standard InChI is InChI=1S/C12H22N2O2/c1-2-3-4-7-14-12(15)10-16-11-5-8-13-9-6-11/h2-3,11,13H,4-10H2,1H3,(H,14,15)/b3-2+. The van der Waals surface area contributed by atoms with E-state index in [4.69, 9.17) is 4.74 Å². The van der Waals surface area contributed by atoms with E-state index in [9.17, 15) is 4.79 Å². The van der Waals surface area contributed by atoms with Crippen LogP contribution in [0, 0.1) is 0 Å². The lowest BCUT2D eigenvalue weighted by Gasteiger charge is -2.22. The van der Waals surface area contributed by atoms with Gasteiger partial charge in [0.05, 0.1) is 6.10 Å². The number of nitrogens with one attached hydrogen (secondary N) is 2. The highest BCUT2D eigenvalue weighted by Gasteiger charge is 2.14. The van der Waals surface area contributed by atoms with Crippen LogP contribution in [0.5, 0.6) is 0 Å². The zero-order valence-electron chi connectivity index (χ0n) is 10.00. The summed E-state index contributed by atoms with van der Waals surface area (Å²) < 4.78 is 5.53. The fourth-order valence-corrected chi connectivity index (χ4v) is 1.67. The van der Waals surface area contributed by atoms with Crippen molar-refractivity contribution < 1.29 is 9.53 Å². The van der Waals surface area contributed by atoms with E-state index in [1.54, 1.807) is 0 Å². The molecule has 1 aliphatic heterocycles. The number of ether oxygens (including phenoxy) is 1. The van der Waals surface area contributed by atoms with Crippen molar-refractivity contribution in [3.8, 4) is 0 Å². The maximum absolute atomic E-state index is 11.4. The van der Waals surface area contributed by atoms with Gasteiger partial charge in [0, 0.05) is 6.54 Å². The van der Waals surface area contributed by atoms with Gasteiger partial charge in [0.1, 0.15) is 6.61 Å². The summed E-state index contributed by atoms with van der Waals surface area (Å²) in [7, 11) is 0. The quantitative estimate of drug-likeness (QED) is 0.521. The van der Waals surface area contributed by atoms with Crippen molar-refractivity contribution in [3.05, 3.63) is 12.2 Å². The number of carbonyl (C=O) groups excluding carboxylic acids is 1. The Bertz CT molecular complexity index is 223. The van der Waals surface area contributed by atoms with E-state index < -0.39 is 0 Å². The van der Waals surface area contributed by atoms with Crippen LogP contribution in [0.2, 0.25) is 0 Å². The summed E-state index contributed by atoms with van der Waals surface area (Å²) in [6.45, 7) is 4.85. The Balaban J connectivity index is 2.00. The van der Waals surface area contributed by atoms with Crippen molar-refractivity contribution in [2.45, 2.75) is 32.3 Å². The molecule has 1 heterocycles. The van der Waals surface area contributed by atoms with Crippen molar-refractivity contribution in [2.75, 3.05) is 26.2 Å². The Morgan fingerprint density at radius 2 is 2.25 bits per heavy atom. The number of hydrogen-bond acceptors (Lipinski definition) is 3. The maximum Gasteiger partial charge on any atom is 0.246 e. The first kappa shape index (κ1) is 13.2. The van der Waals surface area contributed by atoms with Crippen LogP contribution in [-0.2, 0) is 9.53 Å². The molecule has 1 rings (SSSR count). The lowest BCUT2D eigenvalue weighted by molar-refractivity contribution is -0.128. The minimum absolute atomic E-state index is 0.0111. The molecule has 0 spiro atoms. The van der Waals surface area contributed by atoms with E-state index in [2.05, 4.69) is 10.6 Å². The zero-order chi connectivity index (χ0) is 11.6. The zero-order valence-corrected chi connectivity index (χ0v) is 10.00. The van der Waals surface area contributed by atoms with Gasteiger partial charge in [-0.05, 0) is 39.3 Å². The number of allylic oxidation sites excluding steroid dienone is 1. The molecular weight excluding hydrogens is 204 g/mol. The summed E-state index contributed by atoms with van der Waals surface area (Å²) in [6, 6.07) is 0. The van der Waals surface area contributed by atoms with Crippen LogP contribution >= 0.6 is 0 Å². The molecule has 0 unspecified atom stereocenters. The van der Waals surface area contributed by atoms with Crippen molar-refractivity contribution >= 4 is 5.91 Å².